The summed E-state index contributed by atoms with van der Waals surface area (Å²) in [6.07, 6.45) is -2.77. The second-order valence-corrected chi connectivity index (χ2v) is 3.10. The van der Waals surface area contributed by atoms with E-state index >= 15 is 0 Å². The van der Waals surface area contributed by atoms with E-state index in [-0.39, 0.29) is 17.0 Å². The van der Waals surface area contributed by atoms with Crippen LogP contribution < -0.4 is 0 Å². The highest BCUT2D eigenvalue weighted by atomic mass is 35.5. The van der Waals surface area contributed by atoms with Gasteiger partial charge in [-0.05, 0) is 30.2 Å². The van der Waals surface area contributed by atoms with Gasteiger partial charge in [-0.15, -0.1) is 0 Å². The van der Waals surface area contributed by atoms with E-state index in [0.29, 0.717) is 0 Å². The first-order valence-electron chi connectivity index (χ1n) is 3.87. The van der Waals surface area contributed by atoms with Gasteiger partial charge in [0, 0.05) is 5.56 Å². The number of halogens is 3. The van der Waals surface area contributed by atoms with E-state index in [1.54, 1.807) is 6.07 Å². The number of carbonyl (C=O) groups is 1. The van der Waals surface area contributed by atoms with Crippen molar-refractivity contribution in [3.63, 3.8) is 0 Å². The quantitative estimate of drug-likeness (QED) is 0.734. The van der Waals surface area contributed by atoms with Gasteiger partial charge < -0.3 is 0 Å². The van der Waals surface area contributed by atoms with Crippen LogP contribution in [-0.4, -0.2) is 10.2 Å². The molecule has 0 aliphatic carbocycles. The zero-order valence-electron chi connectivity index (χ0n) is 7.59. The molecule has 1 aromatic heterocycles. The molecule has 1 rings (SSSR count). The summed E-state index contributed by atoms with van der Waals surface area (Å²) in [5, 5.41) is 7.65. The number of pyridine rings is 1. The molecule has 0 aliphatic rings. The highest BCUT2D eigenvalue weighted by molar-refractivity contribution is 6.67. The molecular formula is C9H5ClF2N2O. The van der Waals surface area contributed by atoms with Crippen molar-refractivity contribution in [2.75, 3.05) is 0 Å². The first-order chi connectivity index (χ1) is 6.97. The highest BCUT2D eigenvalue weighted by Crippen LogP contribution is 2.25. The summed E-state index contributed by atoms with van der Waals surface area (Å²) in [5.74, 6) is 0. The van der Waals surface area contributed by atoms with E-state index in [2.05, 4.69) is 4.98 Å². The van der Waals surface area contributed by atoms with E-state index in [0.717, 1.165) is 6.07 Å². The maximum atomic E-state index is 12.5. The van der Waals surface area contributed by atoms with Crippen LogP contribution in [0.25, 0.3) is 0 Å². The normalized spacial score (nSPS) is 10.1. The lowest BCUT2D eigenvalue weighted by Crippen LogP contribution is -2.03. The van der Waals surface area contributed by atoms with Crippen molar-refractivity contribution >= 4 is 16.8 Å². The second kappa shape index (κ2) is 4.32. The van der Waals surface area contributed by atoms with Gasteiger partial charge in [0.05, 0.1) is 0 Å². The van der Waals surface area contributed by atoms with Gasteiger partial charge in [-0.25, -0.2) is 13.8 Å². The van der Waals surface area contributed by atoms with E-state index in [1.165, 1.54) is 6.92 Å². The maximum Gasteiger partial charge on any atom is 0.270 e. The predicted molar refractivity (Wildman–Crippen MR) is 48.8 cm³/mol. The SMILES string of the molecule is Cc1c(C(F)F)cc(C(=O)Cl)nc1C#N. The topological polar surface area (TPSA) is 53.8 Å². The molecule has 0 radical (unpaired) electrons. The maximum absolute atomic E-state index is 12.5. The Kier molecular flexibility index (Phi) is 3.32. The first-order valence-corrected chi connectivity index (χ1v) is 4.24. The monoisotopic (exact) mass is 230 g/mol. The number of hydrogen-bond donors (Lipinski definition) is 0. The van der Waals surface area contributed by atoms with E-state index in [9.17, 15) is 13.6 Å². The molecule has 15 heavy (non-hydrogen) atoms. The van der Waals surface area contributed by atoms with Crippen LogP contribution >= 0.6 is 11.6 Å². The highest BCUT2D eigenvalue weighted by Gasteiger charge is 2.18. The molecule has 1 aromatic rings. The van der Waals surface area contributed by atoms with Crippen molar-refractivity contribution in [2.45, 2.75) is 13.3 Å². The molecule has 0 atom stereocenters. The van der Waals surface area contributed by atoms with Gasteiger partial charge in [0.25, 0.3) is 11.7 Å². The molecule has 0 N–H and O–H groups in total. The summed E-state index contributed by atoms with van der Waals surface area (Å²) in [6.45, 7) is 1.34. The van der Waals surface area contributed by atoms with Gasteiger partial charge in [-0.3, -0.25) is 4.79 Å². The van der Waals surface area contributed by atoms with Gasteiger partial charge in [0.2, 0.25) is 0 Å². The molecule has 1 heterocycles. The molecule has 0 bridgehead atoms. The number of alkyl halides is 2. The van der Waals surface area contributed by atoms with Crippen molar-refractivity contribution < 1.29 is 13.6 Å². The summed E-state index contributed by atoms with van der Waals surface area (Å²) >= 11 is 5.11. The van der Waals surface area contributed by atoms with Crippen molar-refractivity contribution in [3.05, 3.63) is 28.6 Å². The van der Waals surface area contributed by atoms with E-state index in [1.807, 2.05) is 0 Å². The number of rotatable bonds is 2. The summed E-state index contributed by atoms with van der Waals surface area (Å²) in [4.78, 5) is 14.3. The molecule has 0 amide bonds. The molecule has 0 saturated heterocycles. The van der Waals surface area contributed by atoms with Gasteiger partial charge in [0.15, 0.2) is 0 Å². The van der Waals surface area contributed by atoms with Crippen LogP contribution in [0.2, 0.25) is 0 Å². The number of nitriles is 1. The molecule has 0 aliphatic heterocycles. The van der Waals surface area contributed by atoms with Crippen LogP contribution in [0, 0.1) is 18.3 Å². The Bertz CT molecular complexity index is 454. The minimum absolute atomic E-state index is 0.0640. The Labute approximate surface area is 89.3 Å². The fourth-order valence-corrected chi connectivity index (χ4v) is 1.16. The average molecular weight is 231 g/mol. The lowest BCUT2D eigenvalue weighted by molar-refractivity contribution is 0.107. The minimum atomic E-state index is -2.77. The van der Waals surface area contributed by atoms with Gasteiger partial charge in [0.1, 0.15) is 17.5 Å². The van der Waals surface area contributed by atoms with Crippen molar-refractivity contribution in [1.82, 2.24) is 4.98 Å². The summed E-state index contributed by atoms with van der Waals surface area (Å²) < 4.78 is 25.0. The fraction of sp³-hybridized carbons (Fsp3) is 0.222. The second-order valence-electron chi connectivity index (χ2n) is 2.76. The fourth-order valence-electron chi connectivity index (χ4n) is 1.07. The standard InChI is InChI=1S/C9H5ClF2N2O/c1-4-5(9(11)12)2-6(8(10)15)14-7(4)3-13/h2,9H,1H3. The van der Waals surface area contributed by atoms with Crippen LogP contribution in [-0.2, 0) is 0 Å². The minimum Gasteiger partial charge on any atom is -0.274 e. The zero-order valence-corrected chi connectivity index (χ0v) is 8.35. The molecule has 0 fully saturated rings. The number of hydrogen-bond acceptors (Lipinski definition) is 3. The Hall–Kier alpha value is -1.54. The Morgan fingerprint density at radius 2 is 2.27 bits per heavy atom. The van der Waals surface area contributed by atoms with Crippen molar-refractivity contribution in [1.29, 1.82) is 5.26 Å². The lowest BCUT2D eigenvalue weighted by atomic mass is 10.1. The third kappa shape index (κ3) is 2.28. The van der Waals surface area contributed by atoms with Gasteiger partial charge in [-0.1, -0.05) is 0 Å². The first kappa shape index (κ1) is 11.5. The van der Waals surface area contributed by atoms with Crippen LogP contribution in [0.1, 0.15) is 33.7 Å². The van der Waals surface area contributed by atoms with E-state index < -0.39 is 17.2 Å². The molecule has 0 spiro atoms. The average Bonchev–Trinajstić information content (AvgIpc) is 2.17. The Morgan fingerprint density at radius 1 is 1.67 bits per heavy atom. The molecular weight excluding hydrogens is 226 g/mol. The van der Waals surface area contributed by atoms with Crippen LogP contribution in [0.5, 0.6) is 0 Å². The zero-order chi connectivity index (χ0) is 11.6. The molecule has 0 unspecified atom stereocenters. The molecule has 0 saturated carbocycles. The van der Waals surface area contributed by atoms with Crippen molar-refractivity contribution in [3.8, 4) is 6.07 Å². The predicted octanol–water partition coefficient (Wildman–Crippen LogP) is 2.58. The van der Waals surface area contributed by atoms with Crippen molar-refractivity contribution in [2.24, 2.45) is 0 Å². The Balaban J connectivity index is 3.47. The smallest absolute Gasteiger partial charge is 0.270 e. The third-order valence-electron chi connectivity index (χ3n) is 1.86. The van der Waals surface area contributed by atoms with Crippen LogP contribution in [0.15, 0.2) is 6.07 Å². The molecule has 0 aromatic carbocycles. The summed E-state index contributed by atoms with van der Waals surface area (Å²) in [7, 11) is 0. The molecule has 78 valence electrons. The largest absolute Gasteiger partial charge is 0.274 e. The molecule has 6 heteroatoms. The van der Waals surface area contributed by atoms with E-state index in [4.69, 9.17) is 16.9 Å². The molecule has 3 nitrogen and oxygen atoms in total. The number of carbonyl (C=O) groups excluding carboxylic acids is 1. The van der Waals surface area contributed by atoms with Gasteiger partial charge in [-0.2, -0.15) is 5.26 Å². The summed E-state index contributed by atoms with van der Waals surface area (Å²) in [6, 6.07) is 2.53. The van der Waals surface area contributed by atoms with Crippen LogP contribution in [0.4, 0.5) is 8.78 Å². The summed E-state index contributed by atoms with van der Waals surface area (Å²) in [5.41, 5.74) is -0.884. The lowest BCUT2D eigenvalue weighted by Gasteiger charge is -2.06. The number of nitrogens with zero attached hydrogens (tertiary/aromatic N) is 2. The number of aromatic nitrogens is 1. The Morgan fingerprint density at radius 3 is 2.67 bits per heavy atom. The van der Waals surface area contributed by atoms with Crippen LogP contribution in [0.3, 0.4) is 0 Å². The van der Waals surface area contributed by atoms with Gasteiger partial charge >= 0.3 is 0 Å². The third-order valence-corrected chi connectivity index (χ3v) is 2.05.